The molecule has 1 aromatic rings. The first-order chi connectivity index (χ1) is 7.47. The zero-order chi connectivity index (χ0) is 12.3. The predicted molar refractivity (Wildman–Crippen MR) is 58.0 cm³/mol. The summed E-state index contributed by atoms with van der Waals surface area (Å²) in [6.07, 6.45) is -2.22. The summed E-state index contributed by atoms with van der Waals surface area (Å²) < 4.78 is 25.5. The topological polar surface area (TPSA) is 74.0 Å². The second-order valence-electron chi connectivity index (χ2n) is 2.82. The van der Waals surface area contributed by atoms with Gasteiger partial charge >= 0.3 is 5.97 Å². The Morgan fingerprint density at radius 1 is 1.69 bits per heavy atom. The third-order valence-electron chi connectivity index (χ3n) is 1.80. The molecule has 84 valence electrons. The van der Waals surface area contributed by atoms with Crippen LogP contribution >= 0.6 is 22.6 Å². The lowest BCUT2D eigenvalue weighted by Gasteiger charge is -2.08. The Hall–Kier alpha value is -1.30. The van der Waals surface area contributed by atoms with E-state index in [9.17, 15) is 13.6 Å². The monoisotopic (exact) mass is 338 g/mol. The molecular weight excluding hydrogens is 333 g/mol. The minimum atomic E-state index is -2.82. The van der Waals surface area contributed by atoms with Crippen LogP contribution in [0, 0.1) is 14.9 Å². The predicted octanol–water partition coefficient (Wildman–Crippen LogP) is 2.12. The lowest BCUT2D eigenvalue weighted by molar-refractivity contribution is -0.136. The van der Waals surface area contributed by atoms with Gasteiger partial charge < -0.3 is 5.11 Å². The number of nitriles is 1. The summed E-state index contributed by atoms with van der Waals surface area (Å²) in [5.74, 6) is -1.22. The van der Waals surface area contributed by atoms with Gasteiger partial charge in [0.25, 0.3) is 6.43 Å². The molecule has 0 radical (unpaired) electrons. The van der Waals surface area contributed by atoms with E-state index in [0.717, 1.165) is 6.20 Å². The van der Waals surface area contributed by atoms with E-state index in [1.54, 1.807) is 28.7 Å². The van der Waals surface area contributed by atoms with E-state index in [1.165, 1.54) is 0 Å². The maximum absolute atomic E-state index is 12.7. The Morgan fingerprint density at radius 3 is 2.75 bits per heavy atom. The van der Waals surface area contributed by atoms with Crippen LogP contribution in [-0.2, 0) is 11.2 Å². The van der Waals surface area contributed by atoms with Crippen molar-refractivity contribution in [3.05, 3.63) is 26.6 Å². The lowest BCUT2D eigenvalue weighted by Crippen LogP contribution is -2.08. The van der Waals surface area contributed by atoms with Gasteiger partial charge in [-0.1, -0.05) is 0 Å². The van der Waals surface area contributed by atoms with Crippen LogP contribution in [0.5, 0.6) is 0 Å². The van der Waals surface area contributed by atoms with E-state index < -0.39 is 24.4 Å². The summed E-state index contributed by atoms with van der Waals surface area (Å²) >= 11 is 1.63. The lowest BCUT2D eigenvalue weighted by atomic mass is 10.1. The molecule has 7 heteroatoms. The molecule has 0 aliphatic heterocycles. The molecule has 0 spiro atoms. The first-order valence-electron chi connectivity index (χ1n) is 4.04. The van der Waals surface area contributed by atoms with Crippen LogP contribution in [0.3, 0.4) is 0 Å². The Bertz CT molecular complexity index is 471. The molecule has 1 N–H and O–H groups in total. The Morgan fingerprint density at radius 2 is 2.31 bits per heavy atom. The van der Waals surface area contributed by atoms with Crippen LogP contribution in [0.25, 0.3) is 0 Å². The minimum absolute atomic E-state index is 0.134. The van der Waals surface area contributed by atoms with Crippen LogP contribution in [0.1, 0.15) is 23.2 Å². The number of aromatic nitrogens is 1. The third-order valence-corrected chi connectivity index (χ3v) is 2.66. The van der Waals surface area contributed by atoms with Crippen molar-refractivity contribution in [3.63, 3.8) is 0 Å². The first-order valence-corrected chi connectivity index (χ1v) is 5.12. The minimum Gasteiger partial charge on any atom is -0.481 e. The number of rotatable bonds is 3. The molecule has 1 aromatic heterocycles. The summed E-state index contributed by atoms with van der Waals surface area (Å²) in [5.41, 5.74) is -0.927. The molecule has 0 unspecified atom stereocenters. The standard InChI is InChI=1S/C9H5F2IN2O2/c10-9(11)8-4(2-13)6(1-7(15)16)14-3-5(8)12/h3,9H,1H2,(H,15,16). The van der Waals surface area contributed by atoms with Gasteiger partial charge in [0.15, 0.2) is 0 Å². The molecule has 4 nitrogen and oxygen atoms in total. The Kier molecular flexibility index (Phi) is 4.12. The smallest absolute Gasteiger partial charge is 0.309 e. The number of nitrogens with zero attached hydrogens (tertiary/aromatic N) is 2. The average molecular weight is 338 g/mol. The number of pyridine rings is 1. The molecule has 0 bridgehead atoms. The van der Waals surface area contributed by atoms with E-state index in [2.05, 4.69) is 4.98 Å². The number of halogens is 3. The van der Waals surface area contributed by atoms with Crippen molar-refractivity contribution in [2.45, 2.75) is 12.8 Å². The van der Waals surface area contributed by atoms with Crippen molar-refractivity contribution >= 4 is 28.6 Å². The fourth-order valence-corrected chi connectivity index (χ4v) is 1.80. The van der Waals surface area contributed by atoms with E-state index >= 15 is 0 Å². The summed E-state index contributed by atoms with van der Waals surface area (Å²) in [7, 11) is 0. The molecule has 0 saturated heterocycles. The van der Waals surface area contributed by atoms with Crippen molar-refractivity contribution in [1.82, 2.24) is 4.98 Å². The van der Waals surface area contributed by atoms with Crippen LogP contribution in [-0.4, -0.2) is 16.1 Å². The highest BCUT2D eigenvalue weighted by Gasteiger charge is 2.21. The third kappa shape index (κ3) is 2.63. The zero-order valence-corrected chi connectivity index (χ0v) is 9.90. The summed E-state index contributed by atoms with van der Waals surface area (Å²) in [6.45, 7) is 0. The number of hydrogen-bond donors (Lipinski definition) is 1. The largest absolute Gasteiger partial charge is 0.481 e. The molecule has 0 amide bonds. The van der Waals surface area contributed by atoms with E-state index in [-0.39, 0.29) is 14.8 Å². The number of hydrogen-bond acceptors (Lipinski definition) is 3. The van der Waals surface area contributed by atoms with Crippen molar-refractivity contribution < 1.29 is 18.7 Å². The number of carboxylic acids is 1. The van der Waals surface area contributed by atoms with Gasteiger partial charge in [0.1, 0.15) is 6.07 Å². The van der Waals surface area contributed by atoms with Crippen LogP contribution in [0.2, 0.25) is 0 Å². The highest BCUT2D eigenvalue weighted by molar-refractivity contribution is 14.1. The summed E-state index contributed by atoms with van der Waals surface area (Å²) in [4.78, 5) is 14.2. The molecule has 16 heavy (non-hydrogen) atoms. The number of carbonyl (C=O) groups is 1. The second kappa shape index (κ2) is 5.16. The van der Waals surface area contributed by atoms with Crippen molar-refractivity contribution in [3.8, 4) is 6.07 Å². The van der Waals surface area contributed by atoms with Gasteiger partial charge in [0.2, 0.25) is 0 Å². The van der Waals surface area contributed by atoms with Crippen LogP contribution in [0.4, 0.5) is 8.78 Å². The van der Waals surface area contributed by atoms with Gasteiger partial charge in [-0.05, 0) is 22.6 Å². The molecule has 0 atom stereocenters. The molecule has 0 fully saturated rings. The van der Waals surface area contributed by atoms with Gasteiger partial charge in [-0.3, -0.25) is 9.78 Å². The highest BCUT2D eigenvalue weighted by atomic mass is 127. The van der Waals surface area contributed by atoms with Gasteiger partial charge in [-0.15, -0.1) is 0 Å². The molecule has 1 rings (SSSR count). The van der Waals surface area contributed by atoms with Crippen LogP contribution in [0.15, 0.2) is 6.20 Å². The Balaban J connectivity index is 3.38. The molecule has 0 saturated carbocycles. The summed E-state index contributed by atoms with van der Waals surface area (Å²) in [5, 5.41) is 17.3. The number of carboxylic acid groups (broad SMARTS) is 1. The van der Waals surface area contributed by atoms with Crippen LogP contribution < -0.4 is 0 Å². The highest BCUT2D eigenvalue weighted by Crippen LogP contribution is 2.28. The maximum atomic E-state index is 12.7. The van der Waals surface area contributed by atoms with Gasteiger partial charge in [-0.2, -0.15) is 5.26 Å². The number of alkyl halides is 2. The quantitative estimate of drug-likeness (QED) is 0.857. The molecule has 0 aliphatic carbocycles. The van der Waals surface area contributed by atoms with E-state index in [0.29, 0.717) is 0 Å². The second-order valence-corrected chi connectivity index (χ2v) is 3.99. The molecular formula is C9H5F2IN2O2. The van der Waals surface area contributed by atoms with Gasteiger partial charge in [0.05, 0.1) is 23.2 Å². The Labute approximate surface area is 103 Å². The molecule has 1 heterocycles. The molecule has 0 aromatic carbocycles. The SMILES string of the molecule is N#Cc1c(CC(=O)O)ncc(I)c1C(F)F. The van der Waals surface area contributed by atoms with Crippen molar-refractivity contribution in [1.29, 1.82) is 5.26 Å². The van der Waals surface area contributed by atoms with Crippen molar-refractivity contribution in [2.75, 3.05) is 0 Å². The maximum Gasteiger partial charge on any atom is 0.309 e. The summed E-state index contributed by atoms with van der Waals surface area (Å²) in [6, 6.07) is 1.58. The first kappa shape index (κ1) is 12.8. The fraction of sp³-hybridized carbons (Fsp3) is 0.222. The van der Waals surface area contributed by atoms with E-state index in [4.69, 9.17) is 10.4 Å². The van der Waals surface area contributed by atoms with Gasteiger partial charge in [0, 0.05) is 9.77 Å². The molecule has 0 aliphatic rings. The van der Waals surface area contributed by atoms with E-state index in [1.807, 2.05) is 0 Å². The number of aliphatic carboxylic acids is 1. The fourth-order valence-electron chi connectivity index (χ4n) is 1.16. The normalized spacial score (nSPS) is 10.2. The van der Waals surface area contributed by atoms with Gasteiger partial charge in [-0.25, -0.2) is 8.78 Å². The zero-order valence-electron chi connectivity index (χ0n) is 7.75. The van der Waals surface area contributed by atoms with Crippen molar-refractivity contribution in [2.24, 2.45) is 0 Å². The average Bonchev–Trinajstić information content (AvgIpc) is 2.18.